The van der Waals surface area contributed by atoms with Crippen LogP contribution in [0.4, 0.5) is 0 Å². The molecule has 3 N–H and O–H groups in total. The van der Waals surface area contributed by atoms with E-state index in [-0.39, 0.29) is 5.91 Å². The number of hydrogen-bond donors (Lipinski definition) is 2. The van der Waals surface area contributed by atoms with Crippen molar-refractivity contribution in [3.8, 4) is 0 Å². The van der Waals surface area contributed by atoms with Crippen LogP contribution in [0.5, 0.6) is 0 Å². The van der Waals surface area contributed by atoms with Crippen LogP contribution in [-0.2, 0) is 11.3 Å². The third kappa shape index (κ3) is 4.07. The van der Waals surface area contributed by atoms with Gasteiger partial charge in [0, 0.05) is 12.7 Å². The Morgan fingerprint density at radius 2 is 2.47 bits per heavy atom. The molecule has 0 aromatic carbocycles. The number of carbonyl (C=O) groups excluding carboxylic acids is 1. The van der Waals surface area contributed by atoms with Crippen molar-refractivity contribution in [2.24, 2.45) is 5.73 Å². The number of rotatable bonds is 6. The highest BCUT2D eigenvalue weighted by Crippen LogP contribution is 1.92. The summed E-state index contributed by atoms with van der Waals surface area (Å²) >= 11 is 0. The molecule has 1 aromatic heterocycles. The summed E-state index contributed by atoms with van der Waals surface area (Å²) in [5.41, 5.74) is 5.64. The predicted octanol–water partition coefficient (Wildman–Crippen LogP) is -0.478. The molecule has 0 spiro atoms. The van der Waals surface area contributed by atoms with E-state index < -0.39 is 6.04 Å². The highest BCUT2D eigenvalue weighted by atomic mass is 16.2. The zero-order chi connectivity index (χ0) is 11.1. The van der Waals surface area contributed by atoms with Gasteiger partial charge in [-0.15, -0.1) is 5.10 Å². The van der Waals surface area contributed by atoms with Crippen molar-refractivity contribution in [2.75, 3.05) is 6.54 Å². The summed E-state index contributed by atoms with van der Waals surface area (Å²) in [5.74, 6) is -0.100. The lowest BCUT2D eigenvalue weighted by Gasteiger charge is -2.10. The summed E-state index contributed by atoms with van der Waals surface area (Å²) < 4.78 is 1.66. The number of nitrogens with one attached hydrogen (secondary N) is 1. The normalized spacial score (nSPS) is 12.4. The first-order chi connectivity index (χ1) is 7.24. The quantitative estimate of drug-likeness (QED) is 0.665. The number of carbonyl (C=O) groups is 1. The third-order valence-corrected chi connectivity index (χ3v) is 2.05. The second-order valence-electron chi connectivity index (χ2n) is 3.35. The maximum absolute atomic E-state index is 11.4. The Morgan fingerprint density at radius 1 is 1.67 bits per heavy atom. The molecule has 1 rings (SSSR count). The van der Waals surface area contributed by atoms with Gasteiger partial charge in [0.1, 0.15) is 0 Å². The molecule has 15 heavy (non-hydrogen) atoms. The Balaban J connectivity index is 2.17. The van der Waals surface area contributed by atoms with E-state index in [1.165, 1.54) is 0 Å². The highest BCUT2D eigenvalue weighted by Gasteiger charge is 2.10. The molecule has 0 saturated heterocycles. The number of amides is 1. The average Bonchev–Trinajstić information content (AvgIpc) is 2.71. The van der Waals surface area contributed by atoms with Crippen LogP contribution in [0, 0.1) is 0 Å². The van der Waals surface area contributed by atoms with Gasteiger partial charge in [0.15, 0.2) is 0 Å². The first-order valence-electron chi connectivity index (χ1n) is 5.11. The summed E-state index contributed by atoms with van der Waals surface area (Å²) in [6.45, 7) is 3.15. The zero-order valence-corrected chi connectivity index (χ0v) is 8.89. The zero-order valence-electron chi connectivity index (χ0n) is 8.89. The van der Waals surface area contributed by atoms with E-state index >= 15 is 0 Å². The smallest absolute Gasteiger partial charge is 0.236 e. The van der Waals surface area contributed by atoms with Gasteiger partial charge in [-0.3, -0.25) is 9.48 Å². The molecule has 0 aliphatic carbocycles. The molecule has 6 heteroatoms. The molecule has 0 aliphatic heterocycles. The van der Waals surface area contributed by atoms with E-state index in [0.717, 1.165) is 12.8 Å². The third-order valence-electron chi connectivity index (χ3n) is 2.05. The number of hydrogen-bond acceptors (Lipinski definition) is 4. The van der Waals surface area contributed by atoms with E-state index in [2.05, 4.69) is 15.6 Å². The van der Waals surface area contributed by atoms with E-state index in [0.29, 0.717) is 13.1 Å². The minimum atomic E-state index is -0.397. The molecule has 1 aromatic rings. The summed E-state index contributed by atoms with van der Waals surface area (Å²) in [6.07, 6.45) is 4.98. The summed E-state index contributed by atoms with van der Waals surface area (Å²) in [4.78, 5) is 11.4. The van der Waals surface area contributed by atoms with Crippen LogP contribution >= 0.6 is 0 Å². The van der Waals surface area contributed by atoms with Crippen LogP contribution < -0.4 is 11.1 Å². The Bertz CT molecular complexity index is 285. The number of nitrogens with zero attached hydrogens (tertiary/aromatic N) is 3. The molecular weight excluding hydrogens is 194 g/mol. The standard InChI is InChI=1S/C9H17N5O/c1-2-3-8(10)9(15)11-4-6-14-7-5-12-13-14/h5,7-8H,2-4,6,10H2,1H3,(H,11,15)/t8-/m0/s1. The van der Waals surface area contributed by atoms with Gasteiger partial charge in [-0.1, -0.05) is 18.6 Å². The van der Waals surface area contributed by atoms with Crippen molar-refractivity contribution in [1.82, 2.24) is 20.3 Å². The molecule has 0 radical (unpaired) electrons. The van der Waals surface area contributed by atoms with Crippen molar-refractivity contribution >= 4 is 5.91 Å². The van der Waals surface area contributed by atoms with Crippen molar-refractivity contribution < 1.29 is 4.79 Å². The second kappa shape index (κ2) is 6.13. The van der Waals surface area contributed by atoms with E-state index in [1.54, 1.807) is 17.1 Å². The SMILES string of the molecule is CCC[C@H](N)C(=O)NCCn1ccnn1. The fourth-order valence-electron chi connectivity index (χ4n) is 1.22. The van der Waals surface area contributed by atoms with Gasteiger partial charge in [-0.2, -0.15) is 0 Å². The molecule has 0 saturated carbocycles. The summed E-state index contributed by atoms with van der Waals surface area (Å²) in [6, 6.07) is -0.397. The molecule has 0 aliphatic rings. The molecule has 1 amide bonds. The average molecular weight is 211 g/mol. The van der Waals surface area contributed by atoms with E-state index in [9.17, 15) is 4.79 Å². The minimum absolute atomic E-state index is 0.100. The highest BCUT2D eigenvalue weighted by molar-refractivity contribution is 5.81. The lowest BCUT2D eigenvalue weighted by molar-refractivity contribution is -0.122. The fourth-order valence-corrected chi connectivity index (χ4v) is 1.22. The minimum Gasteiger partial charge on any atom is -0.353 e. The maximum Gasteiger partial charge on any atom is 0.236 e. The van der Waals surface area contributed by atoms with Crippen LogP contribution in [0.1, 0.15) is 19.8 Å². The first-order valence-corrected chi connectivity index (χ1v) is 5.11. The van der Waals surface area contributed by atoms with Crippen molar-refractivity contribution in [3.05, 3.63) is 12.4 Å². The number of aromatic nitrogens is 3. The van der Waals surface area contributed by atoms with Crippen LogP contribution in [0.15, 0.2) is 12.4 Å². The Morgan fingerprint density at radius 3 is 3.07 bits per heavy atom. The van der Waals surface area contributed by atoms with Crippen LogP contribution in [0.3, 0.4) is 0 Å². The van der Waals surface area contributed by atoms with Gasteiger partial charge in [0.2, 0.25) is 5.91 Å². The predicted molar refractivity (Wildman–Crippen MR) is 55.9 cm³/mol. The first kappa shape index (κ1) is 11.6. The molecular formula is C9H17N5O. The van der Waals surface area contributed by atoms with Crippen molar-refractivity contribution in [1.29, 1.82) is 0 Å². The number of nitrogens with two attached hydrogens (primary N) is 1. The van der Waals surface area contributed by atoms with Gasteiger partial charge in [0.25, 0.3) is 0 Å². The Hall–Kier alpha value is -1.43. The molecule has 84 valence electrons. The summed E-state index contributed by atoms with van der Waals surface area (Å²) in [5, 5.41) is 10.2. The summed E-state index contributed by atoms with van der Waals surface area (Å²) in [7, 11) is 0. The van der Waals surface area contributed by atoms with Crippen molar-refractivity contribution in [2.45, 2.75) is 32.4 Å². The van der Waals surface area contributed by atoms with Crippen molar-refractivity contribution in [3.63, 3.8) is 0 Å². The molecule has 0 bridgehead atoms. The Labute approximate surface area is 88.8 Å². The largest absolute Gasteiger partial charge is 0.353 e. The molecule has 0 fully saturated rings. The molecule has 6 nitrogen and oxygen atoms in total. The van der Waals surface area contributed by atoms with Gasteiger partial charge < -0.3 is 11.1 Å². The van der Waals surface area contributed by atoms with E-state index in [4.69, 9.17) is 5.73 Å². The lowest BCUT2D eigenvalue weighted by atomic mass is 10.2. The Kier molecular flexibility index (Phi) is 4.76. The van der Waals surface area contributed by atoms with Gasteiger partial charge in [-0.25, -0.2) is 0 Å². The van der Waals surface area contributed by atoms with Crippen LogP contribution in [0.2, 0.25) is 0 Å². The molecule has 0 unspecified atom stereocenters. The van der Waals surface area contributed by atoms with Gasteiger partial charge in [-0.05, 0) is 6.42 Å². The molecule has 1 heterocycles. The van der Waals surface area contributed by atoms with Crippen LogP contribution in [0.25, 0.3) is 0 Å². The molecule has 1 atom stereocenters. The van der Waals surface area contributed by atoms with Gasteiger partial charge in [0.05, 0.1) is 18.8 Å². The monoisotopic (exact) mass is 211 g/mol. The second-order valence-corrected chi connectivity index (χ2v) is 3.35. The lowest BCUT2D eigenvalue weighted by Crippen LogP contribution is -2.41. The van der Waals surface area contributed by atoms with Gasteiger partial charge >= 0.3 is 0 Å². The fraction of sp³-hybridized carbons (Fsp3) is 0.667. The van der Waals surface area contributed by atoms with Crippen LogP contribution in [-0.4, -0.2) is 33.5 Å². The topological polar surface area (TPSA) is 85.8 Å². The maximum atomic E-state index is 11.4. The van der Waals surface area contributed by atoms with E-state index in [1.807, 2.05) is 6.92 Å².